The lowest BCUT2D eigenvalue weighted by Crippen LogP contribution is -2.39. The maximum Gasteiger partial charge on any atom is 0.226 e. The second kappa shape index (κ2) is 3.05. The average Bonchev–Trinajstić information content (AvgIpc) is 1.65. The Labute approximate surface area is 45.9 Å². The molecule has 0 atom stereocenters. The van der Waals surface area contributed by atoms with Crippen LogP contribution in [0.4, 0.5) is 0 Å². The Kier molecular flexibility index (Phi) is 3.04. The molecule has 1 radical (unpaired) electrons. The first-order valence-corrected chi connectivity index (χ1v) is 2.51. The third-order valence-corrected chi connectivity index (χ3v) is 0.894. The van der Waals surface area contributed by atoms with Crippen molar-refractivity contribution in [2.24, 2.45) is 5.84 Å². The topological polar surface area (TPSA) is 29.3 Å². The molecule has 0 spiro atoms. The molecule has 0 saturated carbocycles. The molecule has 0 aromatic heterocycles. The van der Waals surface area contributed by atoms with Gasteiger partial charge in [0.25, 0.3) is 0 Å². The van der Waals surface area contributed by atoms with Crippen molar-refractivity contribution in [2.45, 2.75) is 26.7 Å². The van der Waals surface area contributed by atoms with Gasteiger partial charge in [-0.3, -0.25) is 10.8 Å². The van der Waals surface area contributed by atoms with Crippen LogP contribution in [0.15, 0.2) is 0 Å². The molecule has 0 aliphatic carbocycles. The second-order valence-electron chi connectivity index (χ2n) is 1.80. The molecule has 0 aromatic rings. The van der Waals surface area contributed by atoms with Crippen LogP contribution in [-0.4, -0.2) is 18.4 Å². The molecule has 0 heterocycles. The number of hydrazine groups is 1. The van der Waals surface area contributed by atoms with Crippen LogP contribution in [0, 0.1) is 0 Å². The van der Waals surface area contributed by atoms with Crippen molar-refractivity contribution >= 4 is 7.41 Å². The second-order valence-corrected chi connectivity index (χ2v) is 1.80. The summed E-state index contributed by atoms with van der Waals surface area (Å²) in [5.41, 5.74) is 0. The van der Waals surface area contributed by atoms with Gasteiger partial charge in [-0.1, -0.05) is 6.82 Å². The Hall–Kier alpha value is -0.0151. The molecule has 0 aromatic carbocycles. The fourth-order valence-corrected chi connectivity index (χ4v) is 0.298. The van der Waals surface area contributed by atoms with Gasteiger partial charge in [-0.05, 0) is 13.8 Å². The molecule has 3 heteroatoms. The zero-order chi connectivity index (χ0) is 5.86. The maximum atomic E-state index is 5.39. The summed E-state index contributed by atoms with van der Waals surface area (Å²) < 4.78 is 0. The monoisotopic (exact) mass is 99.1 g/mol. The van der Waals surface area contributed by atoms with Gasteiger partial charge in [0.2, 0.25) is 7.41 Å². The minimum atomic E-state index is 0.421. The van der Waals surface area contributed by atoms with Gasteiger partial charge >= 0.3 is 0 Å². The highest BCUT2D eigenvalue weighted by Gasteiger charge is 1.98. The van der Waals surface area contributed by atoms with Crippen molar-refractivity contribution in [2.75, 3.05) is 0 Å². The number of hydrogen-bond donors (Lipinski definition) is 1. The smallest absolute Gasteiger partial charge is 0.226 e. The SMILES string of the molecule is C[B]N(N)C(C)C. The summed E-state index contributed by atoms with van der Waals surface area (Å²) in [6, 6.07) is 0.421. The van der Waals surface area contributed by atoms with Crippen molar-refractivity contribution in [3.63, 3.8) is 0 Å². The third kappa shape index (κ3) is 2.65. The summed E-state index contributed by atoms with van der Waals surface area (Å²) in [6.07, 6.45) is 0. The molecule has 0 fully saturated rings. The number of nitrogens with zero attached hydrogens (tertiary/aromatic N) is 1. The minimum absolute atomic E-state index is 0.421. The number of nitrogens with two attached hydrogens (primary N) is 1. The first-order chi connectivity index (χ1) is 3.18. The molecular formula is C4H12BN2. The maximum absolute atomic E-state index is 5.39. The zero-order valence-corrected chi connectivity index (χ0v) is 5.18. The van der Waals surface area contributed by atoms with Crippen LogP contribution in [-0.2, 0) is 0 Å². The van der Waals surface area contributed by atoms with Crippen LogP contribution in [0.5, 0.6) is 0 Å². The Balaban J connectivity index is 3.14. The fourth-order valence-electron chi connectivity index (χ4n) is 0.298. The van der Waals surface area contributed by atoms with Gasteiger partial charge in [0.05, 0.1) is 0 Å². The van der Waals surface area contributed by atoms with Crippen molar-refractivity contribution < 1.29 is 0 Å². The molecule has 0 amide bonds. The van der Waals surface area contributed by atoms with Gasteiger partial charge in [-0.2, -0.15) is 0 Å². The Bertz CT molecular complexity index is 47.0. The summed E-state index contributed by atoms with van der Waals surface area (Å²) >= 11 is 0. The molecule has 0 aliphatic rings. The predicted molar refractivity (Wildman–Crippen MR) is 32.8 cm³/mol. The van der Waals surface area contributed by atoms with Crippen molar-refractivity contribution in [1.29, 1.82) is 0 Å². The number of hydrogen-bond acceptors (Lipinski definition) is 2. The molecule has 0 aliphatic heterocycles. The van der Waals surface area contributed by atoms with Crippen LogP contribution in [0.3, 0.4) is 0 Å². The molecule has 41 valence electrons. The molecule has 2 nitrogen and oxygen atoms in total. The van der Waals surface area contributed by atoms with Gasteiger partial charge in [0.15, 0.2) is 0 Å². The van der Waals surface area contributed by atoms with E-state index in [0.29, 0.717) is 6.04 Å². The summed E-state index contributed by atoms with van der Waals surface area (Å²) in [5, 5.41) is 0. The number of rotatable bonds is 2. The van der Waals surface area contributed by atoms with E-state index in [4.69, 9.17) is 5.84 Å². The zero-order valence-electron chi connectivity index (χ0n) is 5.18. The van der Waals surface area contributed by atoms with Gasteiger partial charge in [0.1, 0.15) is 0 Å². The van der Waals surface area contributed by atoms with E-state index in [1.165, 1.54) is 0 Å². The first-order valence-electron chi connectivity index (χ1n) is 2.51. The fraction of sp³-hybridized carbons (Fsp3) is 1.00. The van der Waals surface area contributed by atoms with Gasteiger partial charge < -0.3 is 0 Å². The van der Waals surface area contributed by atoms with E-state index in [-0.39, 0.29) is 0 Å². The van der Waals surface area contributed by atoms with E-state index in [1.54, 1.807) is 4.92 Å². The molecule has 0 bridgehead atoms. The molecule has 2 N–H and O–H groups in total. The lowest BCUT2D eigenvalue weighted by Gasteiger charge is -2.16. The largest absolute Gasteiger partial charge is 0.291 e. The minimum Gasteiger partial charge on any atom is -0.291 e. The van der Waals surface area contributed by atoms with Crippen molar-refractivity contribution in [1.82, 2.24) is 4.92 Å². The van der Waals surface area contributed by atoms with Gasteiger partial charge in [0, 0.05) is 6.04 Å². The third-order valence-electron chi connectivity index (χ3n) is 0.894. The normalized spacial score (nSPS) is 10.6. The molecule has 0 rings (SSSR count). The quantitative estimate of drug-likeness (QED) is 0.305. The summed E-state index contributed by atoms with van der Waals surface area (Å²) in [6.45, 7) is 6.00. The van der Waals surface area contributed by atoms with E-state index >= 15 is 0 Å². The summed E-state index contributed by atoms with van der Waals surface area (Å²) in [5.74, 6) is 5.39. The average molecular weight is 99.0 g/mol. The summed E-state index contributed by atoms with van der Waals surface area (Å²) in [4.78, 5) is 1.67. The van der Waals surface area contributed by atoms with E-state index in [9.17, 15) is 0 Å². The summed E-state index contributed by atoms with van der Waals surface area (Å²) in [7, 11) is 1.85. The molecule has 0 saturated heterocycles. The lowest BCUT2D eigenvalue weighted by molar-refractivity contribution is 0.388. The molecule has 0 unspecified atom stereocenters. The van der Waals surface area contributed by atoms with E-state index < -0.39 is 0 Å². The first kappa shape index (κ1) is 6.98. The van der Waals surface area contributed by atoms with Crippen molar-refractivity contribution in [3.05, 3.63) is 0 Å². The van der Waals surface area contributed by atoms with Crippen molar-refractivity contribution in [3.8, 4) is 0 Å². The highest BCUT2D eigenvalue weighted by molar-refractivity contribution is 6.29. The van der Waals surface area contributed by atoms with Gasteiger partial charge in [-0.15, -0.1) is 0 Å². The van der Waals surface area contributed by atoms with E-state index in [2.05, 4.69) is 0 Å². The Morgan fingerprint density at radius 2 is 2.00 bits per heavy atom. The predicted octanol–water partition coefficient (Wildman–Crippen LogP) is 0.238. The van der Waals surface area contributed by atoms with E-state index in [1.807, 2.05) is 28.1 Å². The van der Waals surface area contributed by atoms with Crippen LogP contribution in [0.25, 0.3) is 0 Å². The van der Waals surface area contributed by atoms with Gasteiger partial charge in [-0.25, -0.2) is 0 Å². The van der Waals surface area contributed by atoms with Crippen LogP contribution < -0.4 is 5.84 Å². The highest BCUT2D eigenvalue weighted by atomic mass is 15.4. The van der Waals surface area contributed by atoms with Crippen LogP contribution >= 0.6 is 0 Å². The molecular weight excluding hydrogens is 86.9 g/mol. The van der Waals surface area contributed by atoms with Crippen LogP contribution in [0.2, 0.25) is 6.82 Å². The standard InChI is InChI=1S/C4H12BN2/c1-4(2)7(6)5-3/h4H,6H2,1-3H3. The Morgan fingerprint density at radius 3 is 2.00 bits per heavy atom. The lowest BCUT2D eigenvalue weighted by atomic mass is 9.97. The van der Waals surface area contributed by atoms with Crippen LogP contribution in [0.1, 0.15) is 13.8 Å². The highest BCUT2D eigenvalue weighted by Crippen LogP contribution is 1.84. The Morgan fingerprint density at radius 1 is 1.57 bits per heavy atom. The molecule has 7 heavy (non-hydrogen) atoms. The van der Waals surface area contributed by atoms with E-state index in [0.717, 1.165) is 0 Å².